The predicted octanol–water partition coefficient (Wildman–Crippen LogP) is 4.76. The highest BCUT2D eigenvalue weighted by Crippen LogP contribution is 2.58. The number of pyridine rings is 1. The van der Waals surface area contributed by atoms with Gasteiger partial charge in [-0.2, -0.15) is 13.9 Å². The molecule has 3 atom stereocenters. The van der Waals surface area contributed by atoms with Crippen LogP contribution in [-0.2, 0) is 0 Å². The summed E-state index contributed by atoms with van der Waals surface area (Å²) in [5.74, 6) is -0.144. The average Bonchev–Trinajstić information content (AvgIpc) is 3.11. The van der Waals surface area contributed by atoms with Crippen molar-refractivity contribution >= 4 is 5.82 Å². The molecule has 1 aliphatic rings. The van der Waals surface area contributed by atoms with Crippen LogP contribution in [0.3, 0.4) is 0 Å². The molecule has 9 heteroatoms. The second kappa shape index (κ2) is 8.36. The maximum Gasteiger partial charge on any atom is 0.387 e. The normalized spacial score (nSPS) is 21.5. The molecule has 154 valence electrons. The summed E-state index contributed by atoms with van der Waals surface area (Å²) in [7, 11) is 0. The minimum Gasteiger partial charge on any atom is -0.431 e. The Morgan fingerprint density at radius 2 is 1.79 bits per heavy atom. The average molecular weight is 400 g/mol. The largest absolute Gasteiger partial charge is 0.431 e. The van der Waals surface area contributed by atoms with Gasteiger partial charge in [-0.15, -0.1) is 0 Å². The van der Waals surface area contributed by atoms with Gasteiger partial charge < -0.3 is 10.5 Å². The summed E-state index contributed by atoms with van der Waals surface area (Å²) in [5.41, 5.74) is 7.50. The van der Waals surface area contributed by atoms with E-state index >= 15 is 0 Å². The van der Waals surface area contributed by atoms with Crippen molar-refractivity contribution in [2.75, 3.05) is 19.1 Å². The van der Waals surface area contributed by atoms with Crippen LogP contribution in [0.2, 0.25) is 0 Å². The number of anilines is 1. The molecule has 1 unspecified atom stereocenters. The van der Waals surface area contributed by atoms with E-state index in [1.54, 1.807) is 0 Å². The topological polar surface area (TPSA) is 66.0 Å². The summed E-state index contributed by atoms with van der Waals surface area (Å²) in [6.07, 6.45) is 2.23. The molecule has 0 saturated heterocycles. The Hall–Kier alpha value is -2.32. The number of hydrogen-bond donors (Lipinski definition) is 1. The second-order valence-corrected chi connectivity index (χ2v) is 7.29. The quantitative estimate of drug-likeness (QED) is 0.617. The van der Waals surface area contributed by atoms with Gasteiger partial charge in [-0.25, -0.2) is 4.98 Å². The van der Waals surface area contributed by atoms with E-state index < -0.39 is 20.0 Å². The van der Waals surface area contributed by atoms with Gasteiger partial charge in [0.25, 0.3) is 0 Å². The molecule has 1 saturated carbocycles. The highest BCUT2D eigenvalue weighted by Gasteiger charge is 2.51. The Bertz CT molecular complexity index is 799. The van der Waals surface area contributed by atoms with Gasteiger partial charge in [-0.3, -0.25) is 13.5 Å². The lowest BCUT2D eigenvalue weighted by Crippen LogP contribution is -2.08. The lowest BCUT2D eigenvalue weighted by molar-refractivity contribution is -0.0494. The summed E-state index contributed by atoms with van der Waals surface area (Å²) < 4.78 is 57.2. The highest BCUT2D eigenvalue weighted by molar-refractivity contribution is 5.64. The Balaban J connectivity index is 1.96. The first-order valence-electron chi connectivity index (χ1n) is 9.29. The van der Waals surface area contributed by atoms with Crippen LogP contribution in [0.5, 0.6) is 5.75 Å². The molecule has 3 rings (SSSR count). The maximum atomic E-state index is 12.9. The molecule has 1 aliphatic carbocycles. The van der Waals surface area contributed by atoms with Crippen LogP contribution in [-0.4, -0.2) is 34.7 Å². The second-order valence-electron chi connectivity index (χ2n) is 7.29. The molecule has 1 fully saturated rings. The smallest absolute Gasteiger partial charge is 0.387 e. The molecular formula is C19H24F4N4O. The van der Waals surface area contributed by atoms with Crippen molar-refractivity contribution in [3.05, 3.63) is 24.0 Å². The van der Waals surface area contributed by atoms with Crippen molar-refractivity contribution < 1.29 is 22.3 Å². The van der Waals surface area contributed by atoms with E-state index in [1.165, 1.54) is 12.3 Å². The van der Waals surface area contributed by atoms with Gasteiger partial charge in [0.05, 0.1) is 19.0 Å². The molecule has 5 nitrogen and oxygen atoms in total. The molecule has 0 spiro atoms. The molecular weight excluding hydrogens is 376 g/mol. The first kappa shape index (κ1) is 20.4. The van der Waals surface area contributed by atoms with E-state index in [0.29, 0.717) is 24.1 Å². The molecule has 2 aromatic heterocycles. The van der Waals surface area contributed by atoms with Gasteiger partial charge >= 0.3 is 6.61 Å². The van der Waals surface area contributed by atoms with Gasteiger partial charge in [-0.05, 0) is 50.7 Å². The molecule has 0 aromatic carbocycles. The Labute approximate surface area is 160 Å². The van der Waals surface area contributed by atoms with Crippen LogP contribution in [0.1, 0.15) is 44.3 Å². The van der Waals surface area contributed by atoms with Gasteiger partial charge in [0, 0.05) is 29.4 Å². The molecule has 2 heterocycles. The van der Waals surface area contributed by atoms with Gasteiger partial charge in [0.15, 0.2) is 11.6 Å². The molecule has 0 aliphatic heterocycles. The van der Waals surface area contributed by atoms with E-state index in [9.17, 15) is 17.6 Å². The van der Waals surface area contributed by atoms with E-state index in [-0.39, 0.29) is 35.4 Å². The fourth-order valence-corrected chi connectivity index (χ4v) is 3.92. The maximum absolute atomic E-state index is 12.9. The van der Waals surface area contributed by atoms with Crippen molar-refractivity contribution in [2.45, 2.75) is 45.3 Å². The van der Waals surface area contributed by atoms with Gasteiger partial charge in [0.1, 0.15) is 0 Å². The lowest BCUT2D eigenvalue weighted by Gasteiger charge is -2.11. The van der Waals surface area contributed by atoms with E-state index in [1.807, 2.05) is 24.6 Å². The van der Waals surface area contributed by atoms with Crippen molar-refractivity contribution in [3.8, 4) is 17.0 Å². The zero-order valence-electron chi connectivity index (χ0n) is 15.8. The first-order chi connectivity index (χ1) is 13.4. The predicted molar refractivity (Wildman–Crippen MR) is 97.8 cm³/mol. The summed E-state index contributed by atoms with van der Waals surface area (Å²) in [5, 5.41) is 4.59. The Morgan fingerprint density at radius 3 is 2.32 bits per heavy atom. The summed E-state index contributed by atoms with van der Waals surface area (Å²) in [4.78, 5) is 3.91. The van der Waals surface area contributed by atoms with Gasteiger partial charge in [0.2, 0.25) is 0 Å². The van der Waals surface area contributed by atoms with Crippen LogP contribution >= 0.6 is 0 Å². The standard InChI is InChI=1S/C19H24F4N4O/c1-10(2)27-15(17-12(3-5-20)13(17)4-6-21)8-14(26-27)11-7-16(28-19(22)23)18(24)25-9-11/h7-10,12-13,17,19H,3-6H2,1-2H3,(H2,24,25)/t12-,13+,17?. The third kappa shape index (κ3) is 4.07. The summed E-state index contributed by atoms with van der Waals surface area (Å²) >= 11 is 0. The summed E-state index contributed by atoms with van der Waals surface area (Å²) in [6, 6.07) is 3.24. The van der Waals surface area contributed by atoms with E-state index in [0.717, 1.165) is 5.69 Å². The molecule has 2 N–H and O–H groups in total. The van der Waals surface area contributed by atoms with Crippen LogP contribution < -0.4 is 10.5 Å². The monoisotopic (exact) mass is 400 g/mol. The number of halogens is 4. The fraction of sp³-hybridized carbons (Fsp3) is 0.579. The molecule has 28 heavy (non-hydrogen) atoms. The van der Waals surface area contributed by atoms with Gasteiger partial charge in [-0.1, -0.05) is 0 Å². The zero-order valence-corrected chi connectivity index (χ0v) is 15.8. The zero-order chi connectivity index (χ0) is 20.4. The number of hydrogen-bond acceptors (Lipinski definition) is 4. The number of nitrogens with two attached hydrogens (primary N) is 1. The lowest BCUT2D eigenvalue weighted by atomic mass is 10.1. The van der Waals surface area contributed by atoms with Crippen molar-refractivity contribution in [2.24, 2.45) is 11.8 Å². The van der Waals surface area contributed by atoms with Crippen LogP contribution in [0, 0.1) is 11.8 Å². The van der Waals surface area contributed by atoms with E-state index in [2.05, 4.69) is 14.8 Å². The number of alkyl halides is 4. The minimum atomic E-state index is -3.02. The number of rotatable bonds is 9. The number of ether oxygens (including phenoxy) is 1. The van der Waals surface area contributed by atoms with Crippen molar-refractivity contribution in [1.82, 2.24) is 14.8 Å². The van der Waals surface area contributed by atoms with Crippen molar-refractivity contribution in [1.29, 1.82) is 0 Å². The number of nitrogens with zero attached hydrogens (tertiary/aromatic N) is 3. The van der Waals surface area contributed by atoms with Crippen LogP contribution in [0.25, 0.3) is 11.3 Å². The van der Waals surface area contributed by atoms with Crippen molar-refractivity contribution in [3.63, 3.8) is 0 Å². The van der Waals surface area contributed by atoms with Crippen LogP contribution in [0.4, 0.5) is 23.4 Å². The number of nitrogen functional groups attached to an aromatic ring is 1. The Morgan fingerprint density at radius 1 is 1.14 bits per heavy atom. The summed E-state index contributed by atoms with van der Waals surface area (Å²) in [6.45, 7) is 0.0243. The van der Waals surface area contributed by atoms with Crippen LogP contribution in [0.15, 0.2) is 18.3 Å². The molecule has 0 amide bonds. The number of aromatic nitrogens is 3. The SMILES string of the molecule is CC(C)n1nc(-c2cnc(N)c(OC(F)F)c2)cc1C1[C@@H](CCF)[C@H]1CCF. The Kier molecular flexibility index (Phi) is 6.10. The third-order valence-electron chi connectivity index (χ3n) is 5.21. The molecule has 0 radical (unpaired) electrons. The fourth-order valence-electron chi connectivity index (χ4n) is 3.92. The molecule has 0 bridgehead atoms. The minimum absolute atomic E-state index is 0.0277. The third-order valence-corrected chi connectivity index (χ3v) is 5.21. The highest BCUT2D eigenvalue weighted by atomic mass is 19.3. The molecule has 2 aromatic rings. The first-order valence-corrected chi connectivity index (χ1v) is 9.29. The van der Waals surface area contributed by atoms with E-state index in [4.69, 9.17) is 5.73 Å².